The van der Waals surface area contributed by atoms with E-state index in [2.05, 4.69) is 10.0 Å². The van der Waals surface area contributed by atoms with Crippen LogP contribution in [0.5, 0.6) is 0 Å². The van der Waals surface area contributed by atoms with Crippen molar-refractivity contribution in [2.45, 2.75) is 34.8 Å². The summed E-state index contributed by atoms with van der Waals surface area (Å²) < 4.78 is 31.9. The van der Waals surface area contributed by atoms with Gasteiger partial charge in [-0.1, -0.05) is 6.92 Å². The van der Waals surface area contributed by atoms with Gasteiger partial charge < -0.3 is 10.1 Å². The van der Waals surface area contributed by atoms with Crippen molar-refractivity contribution < 1.29 is 17.9 Å². The fraction of sp³-hybridized carbons (Fsp3) is 0.500. The number of carbonyl (C=O) groups is 1. The average molecular weight is 344 g/mol. The zero-order valence-electron chi connectivity index (χ0n) is 12.6. The van der Waals surface area contributed by atoms with Crippen molar-refractivity contribution in [2.75, 3.05) is 25.6 Å². The van der Waals surface area contributed by atoms with E-state index >= 15 is 0 Å². The van der Waals surface area contributed by atoms with Crippen molar-refractivity contribution in [2.24, 2.45) is 0 Å². The molecule has 1 amide bonds. The summed E-state index contributed by atoms with van der Waals surface area (Å²) in [4.78, 5) is 12.8. The van der Waals surface area contributed by atoms with Crippen LogP contribution in [0.15, 0.2) is 28.0 Å². The van der Waals surface area contributed by atoms with E-state index in [0.717, 1.165) is 4.90 Å². The second-order valence-corrected chi connectivity index (χ2v) is 8.33. The van der Waals surface area contributed by atoms with Crippen molar-refractivity contribution in [1.29, 1.82) is 0 Å². The maximum absolute atomic E-state index is 12.2. The van der Waals surface area contributed by atoms with Crippen molar-refractivity contribution in [3.05, 3.63) is 18.2 Å². The molecule has 0 unspecified atom stereocenters. The molecule has 0 aliphatic carbocycles. The smallest absolute Gasteiger partial charge is 0.240 e. The van der Waals surface area contributed by atoms with E-state index in [9.17, 15) is 13.2 Å². The van der Waals surface area contributed by atoms with E-state index in [1.807, 2.05) is 6.92 Å². The summed E-state index contributed by atoms with van der Waals surface area (Å²) in [7, 11) is -2.01. The first-order valence-corrected chi connectivity index (χ1v) is 9.38. The van der Waals surface area contributed by atoms with Gasteiger partial charge in [-0.25, -0.2) is 13.1 Å². The van der Waals surface area contributed by atoms with Crippen LogP contribution in [-0.2, 0) is 19.6 Å². The molecule has 0 saturated carbocycles. The van der Waals surface area contributed by atoms with Crippen LogP contribution in [0.2, 0.25) is 0 Å². The van der Waals surface area contributed by atoms with Crippen LogP contribution in [0.25, 0.3) is 0 Å². The second-order valence-electron chi connectivity index (χ2n) is 5.08. The summed E-state index contributed by atoms with van der Waals surface area (Å²) in [6, 6.07) is 4.82. The fourth-order valence-corrected chi connectivity index (χ4v) is 4.26. The average Bonchev–Trinajstić information content (AvgIpc) is 2.59. The first-order valence-electron chi connectivity index (χ1n) is 7.01. The molecule has 0 spiro atoms. The van der Waals surface area contributed by atoms with Gasteiger partial charge in [-0.3, -0.25) is 4.79 Å². The predicted octanol–water partition coefficient (Wildman–Crippen LogP) is 1.82. The molecule has 22 heavy (non-hydrogen) atoms. The number of rotatable bonds is 6. The Balaban J connectivity index is 2.18. The van der Waals surface area contributed by atoms with E-state index in [-0.39, 0.29) is 16.1 Å². The monoisotopic (exact) mass is 344 g/mol. The Hall–Kier alpha value is -1.09. The zero-order chi connectivity index (χ0) is 16.2. The van der Waals surface area contributed by atoms with E-state index in [4.69, 9.17) is 4.74 Å². The lowest BCUT2D eigenvalue weighted by atomic mass is 10.3. The topological polar surface area (TPSA) is 84.5 Å². The molecular weight excluding hydrogens is 324 g/mol. The number of sulfonamides is 1. The Morgan fingerprint density at radius 1 is 1.45 bits per heavy atom. The molecule has 1 aliphatic rings. The lowest BCUT2D eigenvalue weighted by molar-refractivity contribution is -0.116. The Morgan fingerprint density at radius 2 is 2.23 bits per heavy atom. The molecular formula is C14H20N2O4S2. The number of amides is 1. The Labute approximate surface area is 135 Å². The molecule has 0 radical (unpaired) electrons. The standard InChI is InChI=1S/C14H20N2O4S2/c1-10-8-14(17)16-12-9-11(4-5-13(12)21-10)22(18,19)15-6-3-7-20-2/h4-5,9-10,15H,3,6-8H2,1-2H3,(H,16,17)/t10-/m1/s1. The van der Waals surface area contributed by atoms with Gasteiger partial charge in [0.15, 0.2) is 0 Å². The summed E-state index contributed by atoms with van der Waals surface area (Å²) in [5.41, 5.74) is 0.555. The van der Waals surface area contributed by atoms with Crippen molar-refractivity contribution in [3.8, 4) is 0 Å². The number of anilines is 1. The molecule has 0 aromatic heterocycles. The fourth-order valence-electron chi connectivity index (χ4n) is 2.10. The maximum Gasteiger partial charge on any atom is 0.240 e. The highest BCUT2D eigenvalue weighted by Crippen LogP contribution is 2.36. The van der Waals surface area contributed by atoms with Gasteiger partial charge in [0.2, 0.25) is 15.9 Å². The van der Waals surface area contributed by atoms with Gasteiger partial charge in [0, 0.05) is 36.8 Å². The van der Waals surface area contributed by atoms with Gasteiger partial charge in [0.05, 0.1) is 10.6 Å². The van der Waals surface area contributed by atoms with E-state index in [1.54, 1.807) is 31.0 Å². The second kappa shape index (κ2) is 7.45. The number of methoxy groups -OCH3 is 1. The molecule has 6 nitrogen and oxygen atoms in total. The van der Waals surface area contributed by atoms with Crippen LogP contribution in [-0.4, -0.2) is 39.8 Å². The van der Waals surface area contributed by atoms with Crippen molar-refractivity contribution in [1.82, 2.24) is 4.72 Å². The first kappa shape index (κ1) is 17.3. The molecule has 1 heterocycles. The molecule has 2 rings (SSSR count). The van der Waals surface area contributed by atoms with Crippen LogP contribution in [0.1, 0.15) is 19.8 Å². The Morgan fingerprint density at radius 3 is 2.95 bits per heavy atom. The van der Waals surface area contributed by atoms with Gasteiger partial charge in [0.1, 0.15) is 0 Å². The first-order chi connectivity index (χ1) is 10.4. The Bertz CT molecular complexity index is 646. The third-order valence-electron chi connectivity index (χ3n) is 3.15. The van der Waals surface area contributed by atoms with Crippen molar-refractivity contribution >= 4 is 33.4 Å². The summed E-state index contributed by atoms with van der Waals surface area (Å²) in [6.07, 6.45) is 1.02. The molecule has 1 aliphatic heterocycles. The van der Waals surface area contributed by atoms with Gasteiger partial charge >= 0.3 is 0 Å². The molecule has 0 bridgehead atoms. The minimum absolute atomic E-state index is 0.0960. The molecule has 8 heteroatoms. The zero-order valence-corrected chi connectivity index (χ0v) is 14.2. The molecule has 2 N–H and O–H groups in total. The highest BCUT2D eigenvalue weighted by atomic mass is 32.2. The minimum atomic E-state index is -3.58. The van der Waals surface area contributed by atoms with E-state index < -0.39 is 10.0 Å². The summed E-state index contributed by atoms with van der Waals surface area (Å²) >= 11 is 1.57. The Kier molecular flexibility index (Phi) is 5.85. The SMILES string of the molecule is COCCCNS(=O)(=O)c1ccc2c(c1)NC(=O)C[C@@H](C)S2. The maximum atomic E-state index is 12.2. The van der Waals surface area contributed by atoms with Crippen LogP contribution < -0.4 is 10.0 Å². The normalized spacial score (nSPS) is 18.5. The van der Waals surface area contributed by atoms with Gasteiger partial charge in [-0.15, -0.1) is 11.8 Å². The number of hydrogen-bond acceptors (Lipinski definition) is 5. The molecule has 1 aromatic rings. The van der Waals surface area contributed by atoms with Crippen LogP contribution in [0.4, 0.5) is 5.69 Å². The molecule has 1 aromatic carbocycles. The van der Waals surface area contributed by atoms with E-state index in [0.29, 0.717) is 31.7 Å². The number of nitrogens with one attached hydrogen (secondary N) is 2. The van der Waals surface area contributed by atoms with Crippen LogP contribution in [0, 0.1) is 0 Å². The number of thioether (sulfide) groups is 1. The highest BCUT2D eigenvalue weighted by Gasteiger charge is 2.21. The number of benzene rings is 1. The number of carbonyl (C=O) groups excluding carboxylic acids is 1. The lowest BCUT2D eigenvalue weighted by Crippen LogP contribution is -2.25. The third kappa shape index (κ3) is 4.45. The number of hydrogen-bond donors (Lipinski definition) is 2. The molecule has 1 atom stereocenters. The molecule has 0 fully saturated rings. The highest BCUT2D eigenvalue weighted by molar-refractivity contribution is 8.00. The van der Waals surface area contributed by atoms with E-state index in [1.165, 1.54) is 6.07 Å². The van der Waals surface area contributed by atoms with Gasteiger partial charge in [-0.2, -0.15) is 0 Å². The summed E-state index contributed by atoms with van der Waals surface area (Å²) in [5, 5.41) is 2.93. The minimum Gasteiger partial charge on any atom is -0.385 e. The van der Waals surface area contributed by atoms with Crippen molar-refractivity contribution in [3.63, 3.8) is 0 Å². The summed E-state index contributed by atoms with van der Waals surface area (Å²) in [5.74, 6) is -0.0960. The van der Waals surface area contributed by atoms with Gasteiger partial charge in [-0.05, 0) is 24.6 Å². The van der Waals surface area contributed by atoms with Crippen LogP contribution in [0.3, 0.4) is 0 Å². The third-order valence-corrected chi connectivity index (χ3v) is 5.79. The molecule has 122 valence electrons. The van der Waals surface area contributed by atoms with Gasteiger partial charge in [0.25, 0.3) is 0 Å². The number of ether oxygens (including phenoxy) is 1. The summed E-state index contributed by atoms with van der Waals surface area (Å²) in [6.45, 7) is 2.78. The quantitative estimate of drug-likeness (QED) is 0.769. The number of fused-ring (bicyclic) bond motifs is 1. The largest absolute Gasteiger partial charge is 0.385 e. The molecule has 0 saturated heterocycles. The lowest BCUT2D eigenvalue weighted by Gasteiger charge is -2.11. The predicted molar refractivity (Wildman–Crippen MR) is 86.7 cm³/mol. The van der Waals surface area contributed by atoms with Crippen LogP contribution >= 0.6 is 11.8 Å².